The number of imide groups is 1. The predicted molar refractivity (Wildman–Crippen MR) is 65.3 cm³/mol. The van der Waals surface area contributed by atoms with Gasteiger partial charge in [-0.05, 0) is 24.7 Å². The van der Waals surface area contributed by atoms with Crippen molar-refractivity contribution in [3.63, 3.8) is 0 Å². The largest absolute Gasteiger partial charge is 0.341 e. The molecule has 0 aliphatic heterocycles. The lowest BCUT2D eigenvalue weighted by atomic mass is 10.2. The Kier molecular flexibility index (Phi) is 5.26. The van der Waals surface area contributed by atoms with Crippen LogP contribution < -0.4 is 10.6 Å². The SMILES string of the molecule is CNC(=O)NC(=O)CN(C)Cc1ccc(F)cc1. The Morgan fingerprint density at radius 1 is 1.28 bits per heavy atom. The van der Waals surface area contributed by atoms with Crippen molar-refractivity contribution in [3.8, 4) is 0 Å². The first-order valence-corrected chi connectivity index (χ1v) is 5.46. The van der Waals surface area contributed by atoms with Crippen molar-refractivity contribution in [2.45, 2.75) is 6.54 Å². The van der Waals surface area contributed by atoms with Gasteiger partial charge < -0.3 is 5.32 Å². The number of benzene rings is 1. The fourth-order valence-corrected chi connectivity index (χ4v) is 1.43. The predicted octanol–water partition coefficient (Wildman–Crippen LogP) is 0.713. The number of hydrogen-bond acceptors (Lipinski definition) is 3. The second kappa shape index (κ2) is 6.70. The molecule has 1 rings (SSSR count). The van der Waals surface area contributed by atoms with Crippen LogP contribution in [0.2, 0.25) is 0 Å². The van der Waals surface area contributed by atoms with E-state index in [1.807, 2.05) is 0 Å². The number of urea groups is 1. The number of carbonyl (C=O) groups is 2. The molecule has 98 valence electrons. The van der Waals surface area contributed by atoms with Crippen molar-refractivity contribution in [1.82, 2.24) is 15.5 Å². The molecule has 0 unspecified atom stereocenters. The molecule has 5 nitrogen and oxygen atoms in total. The summed E-state index contributed by atoms with van der Waals surface area (Å²) in [5.74, 6) is -0.683. The van der Waals surface area contributed by atoms with Crippen molar-refractivity contribution < 1.29 is 14.0 Å². The number of nitrogens with zero attached hydrogens (tertiary/aromatic N) is 1. The molecule has 0 aromatic heterocycles. The summed E-state index contributed by atoms with van der Waals surface area (Å²) in [7, 11) is 3.18. The highest BCUT2D eigenvalue weighted by Crippen LogP contribution is 2.05. The number of likely N-dealkylation sites (N-methyl/N-ethyl adjacent to an activating group) is 1. The first-order valence-electron chi connectivity index (χ1n) is 5.46. The van der Waals surface area contributed by atoms with E-state index in [-0.39, 0.29) is 18.3 Å². The van der Waals surface area contributed by atoms with Gasteiger partial charge in [0.25, 0.3) is 0 Å². The Hall–Kier alpha value is -1.95. The van der Waals surface area contributed by atoms with Gasteiger partial charge in [0.05, 0.1) is 6.54 Å². The van der Waals surface area contributed by atoms with Gasteiger partial charge in [-0.1, -0.05) is 12.1 Å². The van der Waals surface area contributed by atoms with Crippen molar-refractivity contribution >= 4 is 11.9 Å². The minimum absolute atomic E-state index is 0.0881. The Labute approximate surface area is 105 Å². The van der Waals surface area contributed by atoms with Gasteiger partial charge in [-0.3, -0.25) is 15.0 Å². The quantitative estimate of drug-likeness (QED) is 0.831. The number of rotatable bonds is 4. The minimum atomic E-state index is -0.532. The van der Waals surface area contributed by atoms with Crippen LogP contribution in [0.5, 0.6) is 0 Å². The van der Waals surface area contributed by atoms with E-state index in [1.165, 1.54) is 19.2 Å². The third-order valence-electron chi connectivity index (χ3n) is 2.26. The van der Waals surface area contributed by atoms with Crippen LogP contribution in [0.3, 0.4) is 0 Å². The van der Waals surface area contributed by atoms with E-state index >= 15 is 0 Å². The minimum Gasteiger partial charge on any atom is -0.341 e. The highest BCUT2D eigenvalue weighted by Gasteiger charge is 2.09. The van der Waals surface area contributed by atoms with Crippen molar-refractivity contribution in [2.75, 3.05) is 20.6 Å². The Bertz CT molecular complexity index is 420. The van der Waals surface area contributed by atoms with Crippen LogP contribution in [0.4, 0.5) is 9.18 Å². The molecular formula is C12H16FN3O2. The fourth-order valence-electron chi connectivity index (χ4n) is 1.43. The van der Waals surface area contributed by atoms with E-state index in [0.717, 1.165) is 5.56 Å². The standard InChI is InChI=1S/C12H16FN3O2/c1-14-12(18)15-11(17)8-16(2)7-9-3-5-10(13)6-4-9/h3-6H,7-8H2,1-2H3,(H2,14,15,17,18). The molecule has 18 heavy (non-hydrogen) atoms. The molecule has 0 aliphatic rings. The molecule has 6 heteroatoms. The summed E-state index contributed by atoms with van der Waals surface area (Å²) in [5, 5.41) is 4.46. The number of halogens is 1. The third kappa shape index (κ3) is 4.92. The monoisotopic (exact) mass is 253 g/mol. The first kappa shape index (κ1) is 14.1. The molecule has 0 heterocycles. The van der Waals surface area contributed by atoms with Gasteiger partial charge in [0.2, 0.25) is 5.91 Å². The van der Waals surface area contributed by atoms with Crippen LogP contribution in [-0.4, -0.2) is 37.5 Å². The highest BCUT2D eigenvalue weighted by molar-refractivity contribution is 5.95. The van der Waals surface area contributed by atoms with Gasteiger partial charge in [-0.15, -0.1) is 0 Å². The lowest BCUT2D eigenvalue weighted by molar-refractivity contribution is -0.120. The third-order valence-corrected chi connectivity index (χ3v) is 2.26. The zero-order valence-corrected chi connectivity index (χ0v) is 10.4. The maximum atomic E-state index is 12.7. The fraction of sp³-hybridized carbons (Fsp3) is 0.333. The lowest BCUT2D eigenvalue weighted by Gasteiger charge is -2.15. The van der Waals surface area contributed by atoms with Crippen LogP contribution in [0.1, 0.15) is 5.56 Å². The smallest absolute Gasteiger partial charge is 0.321 e. The Morgan fingerprint density at radius 3 is 2.44 bits per heavy atom. The molecule has 0 atom stereocenters. The van der Waals surface area contributed by atoms with Gasteiger partial charge in [0.15, 0.2) is 0 Å². The Morgan fingerprint density at radius 2 is 1.89 bits per heavy atom. The summed E-state index contributed by atoms with van der Waals surface area (Å²) in [6.45, 7) is 0.590. The normalized spacial score (nSPS) is 10.2. The van der Waals surface area contributed by atoms with Crippen molar-refractivity contribution in [3.05, 3.63) is 35.6 Å². The zero-order valence-electron chi connectivity index (χ0n) is 10.4. The van der Waals surface area contributed by atoms with Gasteiger partial charge in [0, 0.05) is 13.6 Å². The van der Waals surface area contributed by atoms with Crippen LogP contribution >= 0.6 is 0 Å². The summed E-state index contributed by atoms with van der Waals surface area (Å²) in [4.78, 5) is 24.0. The molecule has 0 saturated carbocycles. The maximum Gasteiger partial charge on any atom is 0.321 e. The molecular weight excluding hydrogens is 237 g/mol. The summed E-state index contributed by atoms with van der Waals surface area (Å²) < 4.78 is 12.7. The molecule has 0 radical (unpaired) electrons. The van der Waals surface area contributed by atoms with E-state index in [0.29, 0.717) is 6.54 Å². The van der Waals surface area contributed by atoms with Crippen LogP contribution in [-0.2, 0) is 11.3 Å². The number of nitrogens with one attached hydrogen (secondary N) is 2. The molecule has 0 fully saturated rings. The number of amides is 3. The van der Waals surface area contributed by atoms with E-state index in [1.54, 1.807) is 24.1 Å². The van der Waals surface area contributed by atoms with Gasteiger partial charge in [0.1, 0.15) is 5.82 Å². The average Bonchev–Trinajstić information content (AvgIpc) is 2.31. The van der Waals surface area contributed by atoms with E-state index in [2.05, 4.69) is 10.6 Å². The van der Waals surface area contributed by atoms with Crippen LogP contribution in [0, 0.1) is 5.82 Å². The number of hydrogen-bond donors (Lipinski definition) is 2. The number of carbonyl (C=O) groups excluding carboxylic acids is 2. The van der Waals surface area contributed by atoms with Crippen molar-refractivity contribution in [1.29, 1.82) is 0 Å². The van der Waals surface area contributed by atoms with Crippen LogP contribution in [0.15, 0.2) is 24.3 Å². The van der Waals surface area contributed by atoms with E-state index < -0.39 is 6.03 Å². The Balaban J connectivity index is 2.41. The summed E-state index contributed by atoms with van der Waals surface area (Å²) in [6.07, 6.45) is 0. The summed E-state index contributed by atoms with van der Waals surface area (Å²) >= 11 is 0. The average molecular weight is 253 g/mol. The molecule has 2 N–H and O–H groups in total. The summed E-state index contributed by atoms with van der Waals surface area (Å²) in [5.41, 5.74) is 0.895. The topological polar surface area (TPSA) is 61.4 Å². The first-order chi connectivity index (χ1) is 8.51. The van der Waals surface area contributed by atoms with Gasteiger partial charge in [-0.25, -0.2) is 9.18 Å². The van der Waals surface area contributed by atoms with E-state index in [4.69, 9.17) is 0 Å². The second-order valence-corrected chi connectivity index (χ2v) is 3.93. The highest BCUT2D eigenvalue weighted by atomic mass is 19.1. The maximum absolute atomic E-state index is 12.7. The molecule has 0 saturated heterocycles. The molecule has 3 amide bonds. The lowest BCUT2D eigenvalue weighted by Crippen LogP contribution is -2.42. The van der Waals surface area contributed by atoms with E-state index in [9.17, 15) is 14.0 Å². The molecule has 0 spiro atoms. The second-order valence-electron chi connectivity index (χ2n) is 3.93. The molecule has 1 aromatic carbocycles. The molecule has 0 bridgehead atoms. The summed E-state index contributed by atoms with van der Waals surface area (Å²) in [6, 6.07) is 5.52. The van der Waals surface area contributed by atoms with Gasteiger partial charge >= 0.3 is 6.03 Å². The molecule has 0 aliphatic carbocycles. The van der Waals surface area contributed by atoms with Crippen LogP contribution in [0.25, 0.3) is 0 Å². The zero-order chi connectivity index (χ0) is 13.5. The molecule has 1 aromatic rings. The van der Waals surface area contributed by atoms with Crippen molar-refractivity contribution in [2.24, 2.45) is 0 Å². The van der Waals surface area contributed by atoms with Gasteiger partial charge in [-0.2, -0.15) is 0 Å².